The van der Waals surface area contributed by atoms with E-state index in [2.05, 4.69) is 0 Å². The second-order valence-electron chi connectivity index (χ2n) is 4.61. The van der Waals surface area contributed by atoms with Gasteiger partial charge in [-0.1, -0.05) is 13.8 Å². The van der Waals surface area contributed by atoms with Crippen molar-refractivity contribution in [3.05, 3.63) is 0 Å². The number of ether oxygens (including phenoxy) is 2. The Morgan fingerprint density at radius 3 is 2.19 bits per heavy atom. The summed E-state index contributed by atoms with van der Waals surface area (Å²) in [6.45, 7) is 10.0. The van der Waals surface area contributed by atoms with Crippen LogP contribution in [0.4, 0.5) is 0 Å². The molecule has 0 saturated heterocycles. The van der Waals surface area contributed by atoms with Crippen LogP contribution in [0, 0.1) is 5.92 Å². The van der Waals surface area contributed by atoms with Crippen molar-refractivity contribution in [1.82, 2.24) is 0 Å². The number of hydrogen-bond donors (Lipinski definition) is 0. The number of unbranched alkanes of at least 4 members (excludes halogenated alkanes) is 1. The second-order valence-corrected chi connectivity index (χ2v) is 4.61. The molecule has 0 aliphatic carbocycles. The Bertz CT molecular complexity index is 176. The van der Waals surface area contributed by atoms with E-state index in [0.717, 1.165) is 26.1 Å². The Balaban J connectivity index is 3.13. The van der Waals surface area contributed by atoms with Crippen LogP contribution in [-0.2, 0) is 14.3 Å². The highest BCUT2D eigenvalue weighted by Crippen LogP contribution is 2.00. The maximum Gasteiger partial charge on any atom is 0.137 e. The van der Waals surface area contributed by atoms with Crippen LogP contribution in [0.15, 0.2) is 0 Å². The third kappa shape index (κ3) is 10.1. The van der Waals surface area contributed by atoms with Gasteiger partial charge in [-0.15, -0.1) is 0 Å². The van der Waals surface area contributed by atoms with Crippen LogP contribution in [0.5, 0.6) is 0 Å². The van der Waals surface area contributed by atoms with Gasteiger partial charge in [0.25, 0.3) is 0 Å². The van der Waals surface area contributed by atoms with E-state index in [-0.39, 0.29) is 11.7 Å². The Labute approximate surface area is 99.5 Å². The van der Waals surface area contributed by atoms with E-state index in [9.17, 15) is 4.79 Å². The fraction of sp³-hybridized carbons (Fsp3) is 0.923. The lowest BCUT2D eigenvalue weighted by Crippen LogP contribution is -2.11. The fourth-order valence-corrected chi connectivity index (χ4v) is 1.19. The number of ketones is 1. The molecule has 3 heteroatoms. The van der Waals surface area contributed by atoms with E-state index in [1.165, 1.54) is 0 Å². The average Bonchev–Trinajstić information content (AvgIpc) is 2.21. The van der Waals surface area contributed by atoms with Gasteiger partial charge in [0.15, 0.2) is 0 Å². The molecule has 0 amide bonds. The molecule has 0 aliphatic rings. The van der Waals surface area contributed by atoms with Crippen LogP contribution in [0.3, 0.4) is 0 Å². The van der Waals surface area contributed by atoms with Crippen molar-refractivity contribution in [2.24, 2.45) is 5.92 Å². The lowest BCUT2D eigenvalue weighted by molar-refractivity contribution is -0.123. The quantitative estimate of drug-likeness (QED) is 0.541. The Hall–Kier alpha value is -0.410. The predicted octanol–water partition coefficient (Wildman–Crippen LogP) is 2.82. The van der Waals surface area contributed by atoms with Crippen LogP contribution in [0.1, 0.15) is 47.0 Å². The monoisotopic (exact) mass is 230 g/mol. The van der Waals surface area contributed by atoms with Gasteiger partial charge in [-0.2, -0.15) is 0 Å². The van der Waals surface area contributed by atoms with Crippen molar-refractivity contribution >= 4 is 5.78 Å². The van der Waals surface area contributed by atoms with Crippen LogP contribution in [0.2, 0.25) is 0 Å². The number of carbonyl (C=O) groups is 1. The molecule has 0 rings (SSSR count). The van der Waals surface area contributed by atoms with Gasteiger partial charge in [0, 0.05) is 25.6 Å². The summed E-state index contributed by atoms with van der Waals surface area (Å²) in [4.78, 5) is 11.3. The summed E-state index contributed by atoms with van der Waals surface area (Å²) >= 11 is 0. The van der Waals surface area contributed by atoms with Crippen molar-refractivity contribution in [1.29, 1.82) is 0 Å². The van der Waals surface area contributed by atoms with Gasteiger partial charge in [0.05, 0.1) is 12.7 Å². The van der Waals surface area contributed by atoms with Gasteiger partial charge < -0.3 is 9.47 Å². The molecule has 16 heavy (non-hydrogen) atoms. The third-order valence-corrected chi connectivity index (χ3v) is 2.27. The van der Waals surface area contributed by atoms with E-state index in [1.807, 2.05) is 27.7 Å². The van der Waals surface area contributed by atoms with Crippen molar-refractivity contribution in [2.45, 2.75) is 53.1 Å². The first kappa shape index (κ1) is 15.6. The lowest BCUT2D eigenvalue weighted by atomic mass is 10.1. The summed E-state index contributed by atoms with van der Waals surface area (Å²) in [6, 6.07) is 0. The molecular formula is C13H26O3. The minimum Gasteiger partial charge on any atom is -0.381 e. The van der Waals surface area contributed by atoms with Gasteiger partial charge in [0.1, 0.15) is 5.78 Å². The second kappa shape index (κ2) is 9.79. The maximum absolute atomic E-state index is 11.3. The van der Waals surface area contributed by atoms with Gasteiger partial charge in [-0.05, 0) is 26.7 Å². The van der Waals surface area contributed by atoms with Crippen LogP contribution in [0.25, 0.3) is 0 Å². The summed E-state index contributed by atoms with van der Waals surface area (Å²) in [7, 11) is 0. The topological polar surface area (TPSA) is 35.5 Å². The summed E-state index contributed by atoms with van der Waals surface area (Å²) in [6.07, 6.45) is 2.88. The molecule has 0 aromatic rings. The Kier molecular flexibility index (Phi) is 9.54. The molecule has 0 aliphatic heterocycles. The molecule has 0 aromatic carbocycles. The Morgan fingerprint density at radius 1 is 1.00 bits per heavy atom. The summed E-state index contributed by atoms with van der Waals surface area (Å²) in [5.74, 6) is 0.409. The van der Waals surface area contributed by atoms with E-state index in [4.69, 9.17) is 9.47 Å². The molecular weight excluding hydrogens is 204 g/mol. The molecule has 0 atom stereocenters. The van der Waals surface area contributed by atoms with Gasteiger partial charge in [-0.3, -0.25) is 4.79 Å². The highest BCUT2D eigenvalue weighted by Gasteiger charge is 2.05. The molecule has 3 nitrogen and oxygen atoms in total. The molecule has 0 unspecified atom stereocenters. The van der Waals surface area contributed by atoms with Gasteiger partial charge >= 0.3 is 0 Å². The normalized spacial score (nSPS) is 11.4. The summed E-state index contributed by atoms with van der Waals surface area (Å²) < 4.78 is 10.8. The molecule has 0 heterocycles. The Morgan fingerprint density at radius 2 is 1.62 bits per heavy atom. The predicted molar refractivity (Wildman–Crippen MR) is 65.6 cm³/mol. The first-order valence-electron chi connectivity index (χ1n) is 6.26. The molecule has 0 bridgehead atoms. The van der Waals surface area contributed by atoms with Crippen molar-refractivity contribution in [2.75, 3.05) is 19.8 Å². The highest BCUT2D eigenvalue weighted by molar-refractivity contribution is 5.80. The minimum atomic E-state index is 0.128. The molecule has 0 aromatic heterocycles. The molecule has 0 spiro atoms. The number of hydrogen-bond acceptors (Lipinski definition) is 3. The van der Waals surface area contributed by atoms with Crippen LogP contribution >= 0.6 is 0 Å². The molecule has 0 radical (unpaired) electrons. The zero-order valence-electron chi connectivity index (χ0n) is 11.1. The fourth-order valence-electron chi connectivity index (χ4n) is 1.19. The van der Waals surface area contributed by atoms with Gasteiger partial charge in [-0.25, -0.2) is 0 Å². The largest absolute Gasteiger partial charge is 0.381 e. The SMILES string of the molecule is CC(C)OCCCCOCCC(=O)C(C)C. The zero-order valence-corrected chi connectivity index (χ0v) is 11.1. The number of Topliss-reactive ketones (excluding diaryl/α,β-unsaturated/α-hetero) is 1. The van der Waals surface area contributed by atoms with Crippen molar-refractivity contribution in [3.8, 4) is 0 Å². The number of carbonyl (C=O) groups excluding carboxylic acids is 1. The third-order valence-electron chi connectivity index (χ3n) is 2.27. The summed E-state index contributed by atoms with van der Waals surface area (Å²) in [5, 5.41) is 0. The first-order chi connectivity index (χ1) is 7.54. The lowest BCUT2D eigenvalue weighted by Gasteiger charge is -2.08. The van der Waals surface area contributed by atoms with E-state index in [1.54, 1.807) is 0 Å². The smallest absolute Gasteiger partial charge is 0.137 e. The first-order valence-corrected chi connectivity index (χ1v) is 6.26. The van der Waals surface area contributed by atoms with E-state index >= 15 is 0 Å². The van der Waals surface area contributed by atoms with E-state index in [0.29, 0.717) is 19.1 Å². The van der Waals surface area contributed by atoms with Crippen molar-refractivity contribution < 1.29 is 14.3 Å². The summed E-state index contributed by atoms with van der Waals surface area (Å²) in [5.41, 5.74) is 0. The highest BCUT2D eigenvalue weighted by atomic mass is 16.5. The van der Waals surface area contributed by atoms with E-state index < -0.39 is 0 Å². The molecule has 0 saturated carbocycles. The molecule has 96 valence electrons. The minimum absolute atomic E-state index is 0.128. The molecule has 0 fully saturated rings. The van der Waals surface area contributed by atoms with Crippen molar-refractivity contribution in [3.63, 3.8) is 0 Å². The molecule has 0 N–H and O–H groups in total. The number of rotatable bonds is 10. The van der Waals surface area contributed by atoms with Crippen LogP contribution in [-0.4, -0.2) is 31.7 Å². The van der Waals surface area contributed by atoms with Crippen LogP contribution < -0.4 is 0 Å². The maximum atomic E-state index is 11.3. The standard InChI is InChI=1S/C13H26O3/c1-11(2)13(14)7-10-15-8-5-6-9-16-12(3)4/h11-12H,5-10H2,1-4H3. The van der Waals surface area contributed by atoms with Gasteiger partial charge in [0.2, 0.25) is 0 Å². The average molecular weight is 230 g/mol. The zero-order chi connectivity index (χ0) is 12.4.